The molecule has 3 unspecified atom stereocenters. The van der Waals surface area contributed by atoms with Crippen LogP contribution in [-0.4, -0.2) is 53.3 Å². The normalized spacial score (nSPS) is 35.8. The molecule has 2 rings (SSSR count). The van der Waals surface area contributed by atoms with Gasteiger partial charge < -0.3 is 20.1 Å². The van der Waals surface area contributed by atoms with Crippen LogP contribution in [0.15, 0.2) is 0 Å². The fraction of sp³-hybridized carbons (Fsp3) is 0.833. The van der Waals surface area contributed by atoms with E-state index in [9.17, 15) is 14.7 Å². The molecule has 0 aliphatic carbocycles. The van der Waals surface area contributed by atoms with E-state index in [2.05, 4.69) is 5.32 Å². The van der Waals surface area contributed by atoms with E-state index in [1.54, 1.807) is 0 Å². The van der Waals surface area contributed by atoms with Gasteiger partial charge in [0.05, 0.1) is 12.1 Å². The molecule has 0 aromatic rings. The van der Waals surface area contributed by atoms with Crippen molar-refractivity contribution in [1.82, 2.24) is 10.2 Å². The summed E-state index contributed by atoms with van der Waals surface area (Å²) < 4.78 is 5.27. The van der Waals surface area contributed by atoms with Crippen LogP contribution >= 0.6 is 0 Å². The highest BCUT2D eigenvalue weighted by atomic mass is 16.5. The zero-order valence-electron chi connectivity index (χ0n) is 10.8. The highest BCUT2D eigenvalue weighted by molar-refractivity contribution is 5.84. The predicted octanol–water partition coefficient (Wildman–Crippen LogP) is 0.670. The minimum Gasteiger partial charge on any atom is -0.480 e. The van der Waals surface area contributed by atoms with Gasteiger partial charge in [-0.05, 0) is 25.7 Å². The molecule has 2 aliphatic rings. The molecule has 0 saturated carbocycles. The highest BCUT2D eigenvalue weighted by Gasteiger charge is 2.41. The Bertz CT molecular complexity index is 352. The molecule has 0 radical (unpaired) electrons. The molecule has 0 aromatic heterocycles. The van der Waals surface area contributed by atoms with Crippen LogP contribution in [0.2, 0.25) is 0 Å². The summed E-state index contributed by atoms with van der Waals surface area (Å²) in [5.41, 5.74) is -0.369. The van der Waals surface area contributed by atoms with Crippen molar-refractivity contribution in [2.24, 2.45) is 5.92 Å². The summed E-state index contributed by atoms with van der Waals surface area (Å²) in [6, 6.07) is -1.00. The molecule has 0 spiro atoms. The average molecular weight is 256 g/mol. The molecule has 6 nitrogen and oxygen atoms in total. The van der Waals surface area contributed by atoms with Gasteiger partial charge in [0.25, 0.3) is 0 Å². The molecule has 0 aromatic carbocycles. The molecule has 2 saturated heterocycles. The number of nitrogens with zero attached hydrogens (tertiary/aromatic N) is 1. The lowest BCUT2D eigenvalue weighted by atomic mass is 10.0. The SMILES string of the molecule is CC1CCN(C(=O)NC2(C)CCOC2)C1C(=O)O. The minimum atomic E-state index is -0.928. The highest BCUT2D eigenvalue weighted by Crippen LogP contribution is 2.25. The summed E-state index contributed by atoms with van der Waals surface area (Å²) in [5.74, 6) is -0.927. The number of carbonyl (C=O) groups is 2. The van der Waals surface area contributed by atoms with Gasteiger partial charge in [-0.2, -0.15) is 0 Å². The smallest absolute Gasteiger partial charge is 0.326 e. The summed E-state index contributed by atoms with van der Waals surface area (Å²) in [5, 5.41) is 12.1. The Labute approximate surface area is 106 Å². The summed E-state index contributed by atoms with van der Waals surface area (Å²) in [7, 11) is 0. The van der Waals surface area contributed by atoms with Crippen LogP contribution in [0.25, 0.3) is 0 Å². The second-order valence-corrected chi connectivity index (χ2v) is 5.54. The fourth-order valence-electron chi connectivity index (χ4n) is 2.65. The van der Waals surface area contributed by atoms with Crippen LogP contribution < -0.4 is 5.32 Å². The lowest BCUT2D eigenvalue weighted by Crippen LogP contribution is -2.55. The Kier molecular flexibility index (Phi) is 3.47. The number of rotatable bonds is 2. The molecule has 2 heterocycles. The fourth-order valence-corrected chi connectivity index (χ4v) is 2.65. The number of carboxylic acids is 1. The Balaban J connectivity index is 2.02. The number of hydrogen-bond donors (Lipinski definition) is 2. The van der Waals surface area contributed by atoms with E-state index in [0.717, 1.165) is 12.8 Å². The van der Waals surface area contributed by atoms with E-state index >= 15 is 0 Å². The van der Waals surface area contributed by atoms with E-state index in [1.807, 2.05) is 13.8 Å². The zero-order chi connectivity index (χ0) is 13.3. The van der Waals surface area contributed by atoms with E-state index < -0.39 is 12.0 Å². The molecule has 6 heteroatoms. The number of likely N-dealkylation sites (tertiary alicyclic amines) is 1. The maximum absolute atomic E-state index is 12.2. The van der Waals surface area contributed by atoms with E-state index in [1.165, 1.54) is 4.90 Å². The minimum absolute atomic E-state index is 0.000819. The van der Waals surface area contributed by atoms with Crippen molar-refractivity contribution >= 4 is 12.0 Å². The third kappa shape index (κ3) is 2.43. The monoisotopic (exact) mass is 256 g/mol. The van der Waals surface area contributed by atoms with Crippen LogP contribution in [0.4, 0.5) is 4.79 Å². The molecule has 3 atom stereocenters. The molecular formula is C12H20N2O4. The van der Waals surface area contributed by atoms with Crippen LogP contribution in [-0.2, 0) is 9.53 Å². The maximum atomic E-state index is 12.2. The van der Waals surface area contributed by atoms with Crippen molar-refractivity contribution in [1.29, 1.82) is 0 Å². The Morgan fingerprint density at radius 2 is 2.22 bits per heavy atom. The number of urea groups is 1. The van der Waals surface area contributed by atoms with E-state index in [-0.39, 0.29) is 17.5 Å². The second kappa shape index (κ2) is 4.76. The number of hydrogen-bond acceptors (Lipinski definition) is 3. The van der Waals surface area contributed by atoms with Crippen molar-refractivity contribution in [3.63, 3.8) is 0 Å². The van der Waals surface area contributed by atoms with E-state index in [4.69, 9.17) is 4.74 Å². The largest absolute Gasteiger partial charge is 0.480 e. The summed E-state index contributed by atoms with van der Waals surface area (Å²) in [6.07, 6.45) is 1.50. The molecule has 18 heavy (non-hydrogen) atoms. The second-order valence-electron chi connectivity index (χ2n) is 5.54. The number of nitrogens with one attached hydrogen (secondary N) is 1. The Morgan fingerprint density at radius 1 is 1.50 bits per heavy atom. The predicted molar refractivity (Wildman–Crippen MR) is 64.3 cm³/mol. The third-order valence-corrected chi connectivity index (χ3v) is 3.84. The van der Waals surface area contributed by atoms with Gasteiger partial charge in [-0.15, -0.1) is 0 Å². The summed E-state index contributed by atoms with van der Waals surface area (Å²) >= 11 is 0. The van der Waals surface area contributed by atoms with Crippen LogP contribution in [0.3, 0.4) is 0 Å². The first-order chi connectivity index (χ1) is 8.43. The quantitative estimate of drug-likeness (QED) is 0.761. The number of ether oxygens (including phenoxy) is 1. The van der Waals surface area contributed by atoms with Crippen molar-refractivity contribution < 1.29 is 19.4 Å². The summed E-state index contributed by atoms with van der Waals surface area (Å²) in [6.45, 7) is 5.41. The zero-order valence-corrected chi connectivity index (χ0v) is 10.8. The van der Waals surface area contributed by atoms with Crippen LogP contribution in [0.5, 0.6) is 0 Å². The van der Waals surface area contributed by atoms with Crippen molar-refractivity contribution in [3.8, 4) is 0 Å². The molecule has 2 fully saturated rings. The topological polar surface area (TPSA) is 78.9 Å². The Morgan fingerprint density at radius 3 is 2.78 bits per heavy atom. The van der Waals surface area contributed by atoms with Crippen molar-refractivity contribution in [3.05, 3.63) is 0 Å². The van der Waals surface area contributed by atoms with Gasteiger partial charge in [0.15, 0.2) is 0 Å². The lowest BCUT2D eigenvalue weighted by Gasteiger charge is -2.30. The number of carbonyl (C=O) groups excluding carboxylic acids is 1. The van der Waals surface area contributed by atoms with Gasteiger partial charge in [-0.3, -0.25) is 0 Å². The molecule has 0 bridgehead atoms. The van der Waals surface area contributed by atoms with Crippen molar-refractivity contribution in [2.45, 2.75) is 38.3 Å². The number of carboxylic acid groups (broad SMARTS) is 1. The average Bonchev–Trinajstić information content (AvgIpc) is 2.84. The lowest BCUT2D eigenvalue weighted by molar-refractivity contribution is -0.142. The molecule has 2 N–H and O–H groups in total. The van der Waals surface area contributed by atoms with Gasteiger partial charge >= 0.3 is 12.0 Å². The van der Waals surface area contributed by atoms with Gasteiger partial charge in [0.1, 0.15) is 6.04 Å². The number of amides is 2. The van der Waals surface area contributed by atoms with Crippen molar-refractivity contribution in [2.75, 3.05) is 19.8 Å². The molecule has 2 amide bonds. The van der Waals surface area contributed by atoms with Crippen LogP contribution in [0, 0.1) is 5.92 Å². The molecule has 102 valence electrons. The maximum Gasteiger partial charge on any atom is 0.326 e. The molecule has 2 aliphatic heterocycles. The summed E-state index contributed by atoms with van der Waals surface area (Å²) in [4.78, 5) is 24.8. The first-order valence-electron chi connectivity index (χ1n) is 6.32. The van der Waals surface area contributed by atoms with Gasteiger partial charge in [-0.25, -0.2) is 9.59 Å². The number of aliphatic carboxylic acids is 1. The first kappa shape index (κ1) is 13.1. The third-order valence-electron chi connectivity index (χ3n) is 3.84. The van der Waals surface area contributed by atoms with Gasteiger partial charge in [0.2, 0.25) is 0 Å². The van der Waals surface area contributed by atoms with Gasteiger partial charge in [0, 0.05) is 13.2 Å². The standard InChI is InChI=1S/C12H20N2O4/c1-8-3-5-14(9(8)10(15)16)11(17)13-12(2)4-6-18-7-12/h8-9H,3-7H2,1-2H3,(H,13,17)(H,15,16). The van der Waals surface area contributed by atoms with Crippen LogP contribution in [0.1, 0.15) is 26.7 Å². The Hall–Kier alpha value is -1.30. The van der Waals surface area contributed by atoms with E-state index in [0.29, 0.717) is 19.8 Å². The first-order valence-corrected chi connectivity index (χ1v) is 6.32. The molecular weight excluding hydrogens is 236 g/mol. The van der Waals surface area contributed by atoms with Gasteiger partial charge in [-0.1, -0.05) is 6.92 Å².